The van der Waals surface area contributed by atoms with Crippen LogP contribution in [0.4, 0.5) is 5.69 Å². The molecule has 24 heavy (non-hydrogen) atoms. The molecule has 0 saturated carbocycles. The van der Waals surface area contributed by atoms with E-state index in [9.17, 15) is 9.59 Å². The lowest BCUT2D eigenvalue weighted by atomic mass is 10.1. The molecule has 0 heterocycles. The van der Waals surface area contributed by atoms with Gasteiger partial charge in [-0.3, -0.25) is 4.79 Å². The van der Waals surface area contributed by atoms with Gasteiger partial charge in [-0.2, -0.15) is 0 Å². The van der Waals surface area contributed by atoms with Gasteiger partial charge in [0.1, 0.15) is 5.75 Å². The molecule has 1 amide bonds. The SMILES string of the molecule is Cc1cc(C(=O)O)ccc1NC(=O)COc1cc(C)c(Cl)c(C)c1. The molecule has 126 valence electrons. The lowest BCUT2D eigenvalue weighted by Gasteiger charge is -2.12. The molecule has 0 aliphatic rings. The van der Waals surface area contributed by atoms with Crippen LogP contribution in [0.1, 0.15) is 27.0 Å². The summed E-state index contributed by atoms with van der Waals surface area (Å²) >= 11 is 6.10. The Labute approximate surface area is 145 Å². The highest BCUT2D eigenvalue weighted by molar-refractivity contribution is 6.32. The molecule has 0 aromatic heterocycles. The Morgan fingerprint density at radius 3 is 2.25 bits per heavy atom. The van der Waals surface area contributed by atoms with E-state index in [-0.39, 0.29) is 18.1 Å². The van der Waals surface area contributed by atoms with Crippen molar-refractivity contribution in [3.63, 3.8) is 0 Å². The summed E-state index contributed by atoms with van der Waals surface area (Å²) in [6.45, 7) is 5.32. The second kappa shape index (κ2) is 7.36. The maximum Gasteiger partial charge on any atom is 0.335 e. The summed E-state index contributed by atoms with van der Waals surface area (Å²) in [5.41, 5.74) is 3.16. The van der Waals surface area contributed by atoms with Crippen molar-refractivity contribution in [3.05, 3.63) is 57.6 Å². The van der Waals surface area contributed by atoms with E-state index in [0.29, 0.717) is 22.0 Å². The van der Waals surface area contributed by atoms with Gasteiger partial charge < -0.3 is 15.2 Å². The van der Waals surface area contributed by atoms with E-state index in [4.69, 9.17) is 21.4 Å². The first kappa shape index (κ1) is 17.8. The molecule has 0 spiro atoms. The summed E-state index contributed by atoms with van der Waals surface area (Å²) in [5.74, 6) is -0.762. The molecule has 0 saturated heterocycles. The number of hydrogen-bond acceptors (Lipinski definition) is 3. The van der Waals surface area contributed by atoms with Gasteiger partial charge in [0.15, 0.2) is 6.61 Å². The molecule has 2 rings (SSSR count). The van der Waals surface area contributed by atoms with Crippen LogP contribution in [0.2, 0.25) is 5.02 Å². The average molecular weight is 348 g/mol. The van der Waals surface area contributed by atoms with Gasteiger partial charge in [0.05, 0.1) is 5.56 Å². The fourth-order valence-electron chi connectivity index (χ4n) is 2.26. The molecule has 0 radical (unpaired) electrons. The molecular weight excluding hydrogens is 330 g/mol. The van der Waals surface area contributed by atoms with Crippen LogP contribution in [-0.4, -0.2) is 23.6 Å². The van der Waals surface area contributed by atoms with Gasteiger partial charge in [-0.25, -0.2) is 4.79 Å². The molecule has 0 atom stereocenters. The van der Waals surface area contributed by atoms with Crippen LogP contribution >= 0.6 is 11.6 Å². The zero-order chi connectivity index (χ0) is 17.9. The van der Waals surface area contributed by atoms with Gasteiger partial charge in [-0.05, 0) is 67.8 Å². The smallest absolute Gasteiger partial charge is 0.335 e. The lowest BCUT2D eigenvalue weighted by molar-refractivity contribution is -0.118. The van der Waals surface area contributed by atoms with Gasteiger partial charge in [0.25, 0.3) is 5.91 Å². The van der Waals surface area contributed by atoms with Crippen molar-refractivity contribution < 1.29 is 19.4 Å². The van der Waals surface area contributed by atoms with Crippen LogP contribution in [0.15, 0.2) is 30.3 Å². The van der Waals surface area contributed by atoms with Crippen molar-refractivity contribution in [2.24, 2.45) is 0 Å². The predicted molar refractivity (Wildman–Crippen MR) is 93.2 cm³/mol. The van der Waals surface area contributed by atoms with Crippen LogP contribution in [0.3, 0.4) is 0 Å². The van der Waals surface area contributed by atoms with E-state index in [1.54, 1.807) is 25.1 Å². The maximum absolute atomic E-state index is 12.0. The third kappa shape index (κ3) is 4.26. The minimum Gasteiger partial charge on any atom is -0.484 e. The van der Waals surface area contributed by atoms with Crippen LogP contribution < -0.4 is 10.1 Å². The average Bonchev–Trinajstić information content (AvgIpc) is 2.52. The molecule has 5 nitrogen and oxygen atoms in total. The molecule has 0 bridgehead atoms. The molecular formula is C18H18ClNO4. The number of anilines is 1. The summed E-state index contributed by atoms with van der Waals surface area (Å²) in [5, 5.41) is 12.3. The largest absolute Gasteiger partial charge is 0.484 e. The van der Waals surface area contributed by atoms with Crippen molar-refractivity contribution >= 4 is 29.2 Å². The number of benzene rings is 2. The normalized spacial score (nSPS) is 10.3. The number of aromatic carboxylic acids is 1. The second-order valence-electron chi connectivity index (χ2n) is 5.54. The van der Waals surface area contributed by atoms with E-state index < -0.39 is 5.97 Å². The highest BCUT2D eigenvalue weighted by atomic mass is 35.5. The Kier molecular flexibility index (Phi) is 5.46. The van der Waals surface area contributed by atoms with Crippen molar-refractivity contribution in [2.75, 3.05) is 11.9 Å². The van der Waals surface area contributed by atoms with Crippen LogP contribution in [0, 0.1) is 20.8 Å². The fraction of sp³-hybridized carbons (Fsp3) is 0.222. The number of halogens is 1. The highest BCUT2D eigenvalue weighted by Gasteiger charge is 2.10. The number of nitrogens with one attached hydrogen (secondary N) is 1. The lowest BCUT2D eigenvalue weighted by Crippen LogP contribution is -2.20. The molecule has 0 fully saturated rings. The van der Waals surface area contributed by atoms with Gasteiger partial charge in [-0.15, -0.1) is 0 Å². The Morgan fingerprint density at radius 2 is 1.71 bits per heavy atom. The van der Waals surface area contributed by atoms with Crippen molar-refractivity contribution in [1.29, 1.82) is 0 Å². The summed E-state index contributed by atoms with van der Waals surface area (Å²) in [4.78, 5) is 22.9. The Bertz CT molecular complexity index is 779. The Hall–Kier alpha value is -2.53. The molecule has 2 aromatic carbocycles. The minimum atomic E-state index is -1.01. The minimum absolute atomic E-state index is 0.152. The van der Waals surface area contributed by atoms with Crippen molar-refractivity contribution in [2.45, 2.75) is 20.8 Å². The first-order valence-corrected chi connectivity index (χ1v) is 7.69. The fourth-order valence-corrected chi connectivity index (χ4v) is 2.37. The molecule has 2 N–H and O–H groups in total. The van der Waals surface area contributed by atoms with Gasteiger partial charge in [0.2, 0.25) is 0 Å². The highest BCUT2D eigenvalue weighted by Crippen LogP contribution is 2.26. The van der Waals surface area contributed by atoms with E-state index >= 15 is 0 Å². The van der Waals surface area contributed by atoms with E-state index in [1.165, 1.54) is 12.1 Å². The number of amides is 1. The molecule has 2 aromatic rings. The van der Waals surface area contributed by atoms with Gasteiger partial charge >= 0.3 is 5.97 Å². The summed E-state index contributed by atoms with van der Waals surface area (Å²) in [6.07, 6.45) is 0. The van der Waals surface area contributed by atoms with Crippen molar-refractivity contribution in [3.8, 4) is 5.75 Å². The molecule has 6 heteroatoms. The second-order valence-corrected chi connectivity index (χ2v) is 5.92. The predicted octanol–water partition coefficient (Wildman–Crippen LogP) is 3.98. The Balaban J connectivity index is 2.00. The number of carbonyl (C=O) groups is 2. The summed E-state index contributed by atoms with van der Waals surface area (Å²) in [7, 11) is 0. The number of carboxylic acids is 1. The number of hydrogen-bond donors (Lipinski definition) is 2. The zero-order valence-corrected chi connectivity index (χ0v) is 14.4. The molecule has 0 unspecified atom stereocenters. The summed E-state index contributed by atoms with van der Waals surface area (Å²) < 4.78 is 5.49. The van der Waals surface area contributed by atoms with Gasteiger partial charge in [-0.1, -0.05) is 11.6 Å². The van der Waals surface area contributed by atoms with Crippen LogP contribution in [0.5, 0.6) is 5.75 Å². The number of aryl methyl sites for hydroxylation is 3. The van der Waals surface area contributed by atoms with Gasteiger partial charge in [0, 0.05) is 10.7 Å². The molecule has 0 aliphatic carbocycles. The van der Waals surface area contributed by atoms with Crippen LogP contribution in [0.25, 0.3) is 0 Å². The first-order valence-electron chi connectivity index (χ1n) is 7.31. The Morgan fingerprint density at radius 1 is 1.08 bits per heavy atom. The van der Waals surface area contributed by atoms with E-state index in [1.807, 2.05) is 13.8 Å². The number of carbonyl (C=O) groups excluding carboxylic acids is 1. The summed E-state index contributed by atoms with van der Waals surface area (Å²) in [6, 6.07) is 8.06. The third-order valence-electron chi connectivity index (χ3n) is 3.53. The number of carboxylic acid groups (broad SMARTS) is 1. The topological polar surface area (TPSA) is 75.6 Å². The number of rotatable bonds is 5. The third-order valence-corrected chi connectivity index (χ3v) is 4.12. The number of ether oxygens (including phenoxy) is 1. The first-order chi connectivity index (χ1) is 11.3. The van der Waals surface area contributed by atoms with E-state index in [2.05, 4.69) is 5.32 Å². The maximum atomic E-state index is 12.0. The van der Waals surface area contributed by atoms with Crippen molar-refractivity contribution in [1.82, 2.24) is 0 Å². The quantitative estimate of drug-likeness (QED) is 0.857. The van der Waals surface area contributed by atoms with Crippen LogP contribution in [-0.2, 0) is 4.79 Å². The van der Waals surface area contributed by atoms with E-state index in [0.717, 1.165) is 11.1 Å². The standard InChI is InChI=1S/C18H18ClNO4/c1-10-6-13(18(22)23)4-5-15(10)20-16(21)9-24-14-7-11(2)17(19)12(3)8-14/h4-8H,9H2,1-3H3,(H,20,21)(H,22,23). The zero-order valence-electron chi connectivity index (χ0n) is 13.6. The monoisotopic (exact) mass is 347 g/mol. The molecule has 0 aliphatic heterocycles.